The number of aromatic nitrogens is 1. The minimum atomic E-state index is -0.480. The molecule has 0 spiro atoms. The van der Waals surface area contributed by atoms with E-state index in [1.807, 2.05) is 25.1 Å². The number of amides is 1. The number of primary amides is 1. The van der Waals surface area contributed by atoms with E-state index in [0.29, 0.717) is 23.0 Å². The van der Waals surface area contributed by atoms with Crippen molar-refractivity contribution in [2.45, 2.75) is 19.4 Å². The number of nitrogens with two attached hydrogens (primary N) is 1. The number of carbonyl (C=O) groups excluding carboxylic acids is 1. The highest BCUT2D eigenvalue weighted by molar-refractivity contribution is 6.31. The Bertz CT molecular complexity index is 718. The van der Waals surface area contributed by atoms with Crippen molar-refractivity contribution >= 4 is 23.2 Å². The molecular weight excluding hydrogens is 314 g/mol. The first-order valence-corrected chi connectivity index (χ1v) is 7.84. The molecule has 1 saturated heterocycles. The van der Waals surface area contributed by atoms with Gasteiger partial charge in [0.05, 0.1) is 12.1 Å². The number of nitrogens with zero attached hydrogens (tertiary/aromatic N) is 2. The monoisotopic (exact) mass is 331 g/mol. The average Bonchev–Trinajstić information content (AvgIpc) is 2.98. The second kappa shape index (κ2) is 6.46. The zero-order chi connectivity index (χ0) is 16.4. The van der Waals surface area contributed by atoms with Crippen LogP contribution in [0.4, 0.5) is 5.69 Å². The van der Waals surface area contributed by atoms with Crippen LogP contribution in [0.1, 0.15) is 22.3 Å². The molecule has 0 bridgehead atoms. The molecule has 1 amide bonds. The van der Waals surface area contributed by atoms with E-state index in [1.54, 1.807) is 18.3 Å². The van der Waals surface area contributed by atoms with Gasteiger partial charge in [0.2, 0.25) is 5.88 Å². The summed E-state index contributed by atoms with van der Waals surface area (Å²) in [7, 11) is 0. The maximum Gasteiger partial charge on any atom is 0.250 e. The van der Waals surface area contributed by atoms with E-state index in [9.17, 15) is 4.79 Å². The summed E-state index contributed by atoms with van der Waals surface area (Å²) in [5, 5.41) is 0.499. The smallest absolute Gasteiger partial charge is 0.250 e. The Morgan fingerprint density at radius 1 is 1.39 bits per heavy atom. The highest BCUT2D eigenvalue weighted by atomic mass is 35.5. The summed E-state index contributed by atoms with van der Waals surface area (Å²) in [5.74, 6) is 0.140. The maximum absolute atomic E-state index is 11.6. The molecule has 0 aliphatic carbocycles. The van der Waals surface area contributed by atoms with Gasteiger partial charge in [-0.05, 0) is 30.7 Å². The topological polar surface area (TPSA) is 68.5 Å². The normalized spacial score (nSPS) is 17.3. The van der Waals surface area contributed by atoms with Crippen LogP contribution in [-0.2, 0) is 0 Å². The molecule has 0 radical (unpaired) electrons. The van der Waals surface area contributed by atoms with E-state index >= 15 is 0 Å². The summed E-state index contributed by atoms with van der Waals surface area (Å²) in [6.45, 7) is 3.45. The van der Waals surface area contributed by atoms with Crippen LogP contribution in [0.5, 0.6) is 5.88 Å². The number of aryl methyl sites for hydroxylation is 1. The van der Waals surface area contributed by atoms with Crippen molar-refractivity contribution in [1.29, 1.82) is 0 Å². The summed E-state index contributed by atoms with van der Waals surface area (Å²) in [6.07, 6.45) is 2.67. The standard InChI is InChI=1S/C17H18ClN3O2/c1-11-2-5-16(20-9-11)23-13-6-7-21(10-13)15-4-3-12(18)8-14(15)17(19)22/h2-5,8-9,13H,6-7,10H2,1H3,(H2,19,22)/t13-/m1/s1. The molecule has 1 aromatic heterocycles. The molecule has 2 heterocycles. The fraction of sp³-hybridized carbons (Fsp3) is 0.294. The average molecular weight is 332 g/mol. The van der Waals surface area contributed by atoms with E-state index in [2.05, 4.69) is 9.88 Å². The number of carbonyl (C=O) groups is 1. The van der Waals surface area contributed by atoms with Crippen LogP contribution in [0.2, 0.25) is 5.02 Å². The largest absolute Gasteiger partial charge is 0.472 e. The van der Waals surface area contributed by atoms with Gasteiger partial charge in [0.25, 0.3) is 5.91 Å². The molecule has 120 valence electrons. The van der Waals surface area contributed by atoms with Crippen molar-refractivity contribution in [1.82, 2.24) is 4.98 Å². The van der Waals surface area contributed by atoms with Crippen LogP contribution < -0.4 is 15.4 Å². The number of halogens is 1. The number of rotatable bonds is 4. The Balaban J connectivity index is 1.72. The molecule has 1 fully saturated rings. The fourth-order valence-electron chi connectivity index (χ4n) is 2.72. The minimum absolute atomic E-state index is 0.0293. The molecule has 0 saturated carbocycles. The second-order valence-electron chi connectivity index (χ2n) is 5.67. The molecule has 1 aromatic carbocycles. The lowest BCUT2D eigenvalue weighted by molar-refractivity contribution is 0.100. The molecule has 0 unspecified atom stereocenters. The first kappa shape index (κ1) is 15.6. The Morgan fingerprint density at radius 3 is 2.91 bits per heavy atom. The van der Waals surface area contributed by atoms with Crippen molar-refractivity contribution in [3.05, 3.63) is 52.7 Å². The van der Waals surface area contributed by atoms with Crippen LogP contribution in [-0.4, -0.2) is 30.1 Å². The van der Waals surface area contributed by atoms with E-state index in [-0.39, 0.29) is 6.10 Å². The zero-order valence-corrected chi connectivity index (χ0v) is 13.6. The van der Waals surface area contributed by atoms with Gasteiger partial charge in [-0.2, -0.15) is 0 Å². The Morgan fingerprint density at radius 2 is 2.22 bits per heavy atom. The van der Waals surface area contributed by atoms with Gasteiger partial charge in [-0.15, -0.1) is 0 Å². The first-order valence-electron chi connectivity index (χ1n) is 7.46. The SMILES string of the molecule is Cc1ccc(O[C@@H]2CCN(c3ccc(Cl)cc3C(N)=O)C2)nc1. The van der Waals surface area contributed by atoms with Crippen molar-refractivity contribution in [3.63, 3.8) is 0 Å². The summed E-state index contributed by atoms with van der Waals surface area (Å²) in [6, 6.07) is 9.04. The van der Waals surface area contributed by atoms with Crippen LogP contribution in [0, 0.1) is 6.92 Å². The highest BCUT2D eigenvalue weighted by Gasteiger charge is 2.27. The van der Waals surface area contributed by atoms with Crippen LogP contribution in [0.15, 0.2) is 36.5 Å². The molecular formula is C17H18ClN3O2. The summed E-state index contributed by atoms with van der Waals surface area (Å²) < 4.78 is 5.91. The minimum Gasteiger partial charge on any atom is -0.472 e. The number of pyridine rings is 1. The predicted octanol–water partition coefficient (Wildman–Crippen LogP) is 2.80. The molecule has 1 atom stereocenters. The van der Waals surface area contributed by atoms with E-state index in [4.69, 9.17) is 22.1 Å². The number of benzene rings is 1. The molecule has 5 nitrogen and oxygen atoms in total. The lowest BCUT2D eigenvalue weighted by Gasteiger charge is -2.21. The summed E-state index contributed by atoms with van der Waals surface area (Å²) >= 11 is 5.96. The molecule has 6 heteroatoms. The third kappa shape index (κ3) is 3.56. The van der Waals surface area contributed by atoms with Gasteiger partial charge < -0.3 is 15.4 Å². The second-order valence-corrected chi connectivity index (χ2v) is 6.11. The highest BCUT2D eigenvalue weighted by Crippen LogP contribution is 2.28. The lowest BCUT2D eigenvalue weighted by atomic mass is 10.1. The van der Waals surface area contributed by atoms with Crippen LogP contribution >= 0.6 is 11.6 Å². The maximum atomic E-state index is 11.6. The summed E-state index contributed by atoms with van der Waals surface area (Å²) in [5.41, 5.74) is 7.79. The number of ether oxygens (including phenoxy) is 1. The molecule has 23 heavy (non-hydrogen) atoms. The van der Waals surface area contributed by atoms with E-state index in [0.717, 1.165) is 24.2 Å². The molecule has 2 N–H and O–H groups in total. The number of hydrogen-bond acceptors (Lipinski definition) is 4. The summed E-state index contributed by atoms with van der Waals surface area (Å²) in [4.78, 5) is 18.0. The van der Waals surface area contributed by atoms with Gasteiger partial charge in [0, 0.05) is 35.9 Å². The molecule has 2 aromatic rings. The van der Waals surface area contributed by atoms with E-state index in [1.165, 1.54) is 0 Å². The Labute approximate surface area is 140 Å². The Kier molecular flexibility index (Phi) is 4.39. The quantitative estimate of drug-likeness (QED) is 0.935. The van der Waals surface area contributed by atoms with Crippen molar-refractivity contribution in [3.8, 4) is 5.88 Å². The third-order valence-electron chi connectivity index (χ3n) is 3.88. The van der Waals surface area contributed by atoms with Crippen LogP contribution in [0.25, 0.3) is 0 Å². The zero-order valence-electron chi connectivity index (χ0n) is 12.8. The Hall–Kier alpha value is -2.27. The third-order valence-corrected chi connectivity index (χ3v) is 4.12. The van der Waals surface area contributed by atoms with Crippen molar-refractivity contribution in [2.24, 2.45) is 5.73 Å². The van der Waals surface area contributed by atoms with Gasteiger partial charge in [0.1, 0.15) is 6.10 Å². The van der Waals surface area contributed by atoms with Gasteiger partial charge in [-0.1, -0.05) is 17.7 Å². The molecule has 3 rings (SSSR count). The first-order chi connectivity index (χ1) is 11.0. The lowest BCUT2D eigenvalue weighted by Crippen LogP contribution is -2.27. The molecule has 1 aliphatic rings. The molecule has 1 aliphatic heterocycles. The van der Waals surface area contributed by atoms with E-state index < -0.39 is 5.91 Å². The van der Waals surface area contributed by atoms with Crippen molar-refractivity contribution < 1.29 is 9.53 Å². The van der Waals surface area contributed by atoms with Gasteiger partial charge in [-0.25, -0.2) is 4.98 Å². The number of anilines is 1. The van der Waals surface area contributed by atoms with Crippen molar-refractivity contribution in [2.75, 3.05) is 18.0 Å². The predicted molar refractivity (Wildman–Crippen MR) is 90.2 cm³/mol. The number of hydrogen-bond donors (Lipinski definition) is 1. The van der Waals surface area contributed by atoms with Gasteiger partial charge in [0.15, 0.2) is 0 Å². The van der Waals surface area contributed by atoms with Crippen LogP contribution in [0.3, 0.4) is 0 Å². The fourth-order valence-corrected chi connectivity index (χ4v) is 2.89. The van der Waals surface area contributed by atoms with Gasteiger partial charge in [-0.3, -0.25) is 4.79 Å². The van der Waals surface area contributed by atoms with Gasteiger partial charge >= 0.3 is 0 Å².